The van der Waals surface area contributed by atoms with E-state index < -0.39 is 0 Å². The number of fused-ring (bicyclic) bond motifs is 18. The Kier molecular flexibility index (Phi) is 18.6. The van der Waals surface area contributed by atoms with Crippen molar-refractivity contribution in [3.63, 3.8) is 0 Å². The SMILES string of the molecule is Cc1ccc2c(c1)C(C)(C)c1ccccc1-2.Cc1ccc2c(c1)C(c1ccccc1)(c1ccccc1)c1ccccc1-2.Cc1ccc2c(c1)C1(c3ccccc3-c3ccccc31)c1ccccc1-2.Cc1ccc2ccccc2c1.Cc1cccc2ccccc12.Cc1ccccc1-c1ccccc1. The maximum atomic E-state index is 2.40. The van der Waals surface area contributed by atoms with Gasteiger partial charge < -0.3 is 0 Å². The lowest BCUT2D eigenvalue weighted by Gasteiger charge is -2.34. The van der Waals surface area contributed by atoms with Gasteiger partial charge in [0.05, 0.1) is 10.8 Å². The Morgan fingerprint density at radius 1 is 0.184 bits per heavy atom. The van der Waals surface area contributed by atoms with Crippen LogP contribution in [0.3, 0.4) is 0 Å². The van der Waals surface area contributed by atoms with Crippen molar-refractivity contribution in [1.29, 1.82) is 0 Å². The van der Waals surface area contributed by atoms with E-state index in [1.807, 2.05) is 6.07 Å². The molecule has 0 fully saturated rings. The Hall–Kier alpha value is -12.0. The van der Waals surface area contributed by atoms with Crippen molar-refractivity contribution in [1.82, 2.24) is 0 Å². The van der Waals surface area contributed by atoms with E-state index in [1.165, 1.54) is 166 Å². The highest BCUT2D eigenvalue weighted by atomic mass is 14.5. The van der Waals surface area contributed by atoms with Crippen LogP contribution in [-0.4, -0.2) is 0 Å². The minimum absolute atomic E-state index is 0.151. The average molecular weight is 1320 g/mol. The predicted octanol–water partition coefficient (Wildman–Crippen LogP) is 27.0. The van der Waals surface area contributed by atoms with Gasteiger partial charge in [0.2, 0.25) is 0 Å². The molecule has 0 radical (unpaired) electrons. The molecule has 4 aliphatic carbocycles. The van der Waals surface area contributed by atoms with Crippen LogP contribution in [0.4, 0.5) is 0 Å². The molecule has 0 aromatic heterocycles. The summed E-state index contributed by atoms with van der Waals surface area (Å²) in [6, 6.07) is 136. The van der Waals surface area contributed by atoms with E-state index in [4.69, 9.17) is 0 Å². The van der Waals surface area contributed by atoms with Crippen LogP contribution >= 0.6 is 0 Å². The molecule has 0 aliphatic heterocycles. The van der Waals surface area contributed by atoms with Gasteiger partial charge in [0.15, 0.2) is 0 Å². The van der Waals surface area contributed by atoms with Gasteiger partial charge in [0.1, 0.15) is 0 Å². The van der Waals surface area contributed by atoms with Crippen LogP contribution in [0.5, 0.6) is 0 Å². The van der Waals surface area contributed by atoms with E-state index in [0.717, 1.165) is 0 Å². The summed E-state index contributed by atoms with van der Waals surface area (Å²) in [7, 11) is 0. The monoisotopic (exact) mass is 1320 g/mol. The zero-order valence-corrected chi connectivity index (χ0v) is 60.3. The minimum atomic E-state index is -0.263. The predicted molar refractivity (Wildman–Crippen MR) is 439 cm³/mol. The van der Waals surface area contributed by atoms with Crippen LogP contribution in [0, 0.1) is 41.5 Å². The summed E-state index contributed by atoms with van der Waals surface area (Å²) in [5.41, 5.74) is 35.3. The molecule has 0 nitrogen and oxygen atoms in total. The normalized spacial score (nSPS) is 13.1. The Labute approximate surface area is 610 Å². The first kappa shape index (κ1) is 66.9. The van der Waals surface area contributed by atoms with E-state index in [1.54, 1.807) is 0 Å². The van der Waals surface area contributed by atoms with Gasteiger partial charge in [-0.25, -0.2) is 0 Å². The molecule has 103 heavy (non-hydrogen) atoms. The maximum Gasteiger partial charge on any atom is 0.0725 e. The number of hydrogen-bond donors (Lipinski definition) is 0. The summed E-state index contributed by atoms with van der Waals surface area (Å²) in [6.45, 7) is 17.6. The largest absolute Gasteiger partial charge is 0.0725 e. The van der Waals surface area contributed by atoms with Crippen LogP contribution in [0.15, 0.2) is 376 Å². The fourth-order valence-electron chi connectivity index (χ4n) is 16.8. The molecule has 0 saturated heterocycles. The smallest absolute Gasteiger partial charge is 0.0622 e. The van der Waals surface area contributed by atoms with Gasteiger partial charge in [0, 0.05) is 5.41 Å². The molecule has 0 saturated carbocycles. The van der Waals surface area contributed by atoms with E-state index >= 15 is 0 Å². The Morgan fingerprint density at radius 3 is 1.00 bits per heavy atom. The second-order valence-corrected chi connectivity index (χ2v) is 28.6. The first-order chi connectivity index (χ1) is 50.3. The molecule has 1 spiro atoms. The highest BCUT2D eigenvalue weighted by Crippen LogP contribution is 2.63. The molecular formula is C103H86. The van der Waals surface area contributed by atoms with Crippen LogP contribution in [0.2, 0.25) is 0 Å². The third kappa shape index (κ3) is 12.3. The molecule has 16 aromatic rings. The Morgan fingerprint density at radius 2 is 0.505 bits per heavy atom. The molecule has 498 valence electrons. The standard InChI is InChI=1S/C26H18.C26H20.C16H16.C13H12.2C11H10/c1-17-14-15-21-20-10-4-7-13-24(20)26(25(21)16-17)22-11-5-2-8-18(22)19-9-3-6-12-23(19)26;1-19-16-17-23-22-14-8-9-15-24(22)26(25(23)18-19,20-10-4-2-5-11-20)21-12-6-3-7-13-21;1-11-8-9-13-12-6-4-5-7-14(12)16(2,3)15(13)10-11;1-11-7-5-6-10-13(11)12-8-3-2-4-9-12;1-9-5-4-7-10-6-2-3-8-11(9)10;1-9-6-7-10-4-2-3-5-11(10)8-9/h2-16H,1H3;2-18H,1H3;4-10H,1-3H3;2-10H,1H3;2*2-8H,1H3. The average Bonchev–Trinajstić information content (AvgIpc) is 1.52. The molecule has 0 unspecified atom stereocenters. The maximum absolute atomic E-state index is 2.40. The zero-order valence-electron chi connectivity index (χ0n) is 60.3. The lowest BCUT2D eigenvalue weighted by Crippen LogP contribution is -2.28. The molecule has 0 N–H and O–H groups in total. The van der Waals surface area contributed by atoms with Crippen molar-refractivity contribution in [3.8, 4) is 55.6 Å². The molecular weight excluding hydrogens is 1240 g/mol. The van der Waals surface area contributed by atoms with Crippen molar-refractivity contribution in [2.24, 2.45) is 0 Å². The highest BCUT2D eigenvalue weighted by Gasteiger charge is 2.51. The van der Waals surface area contributed by atoms with Crippen molar-refractivity contribution >= 4 is 21.5 Å². The van der Waals surface area contributed by atoms with Crippen molar-refractivity contribution in [2.45, 2.75) is 71.6 Å². The first-order valence-corrected chi connectivity index (χ1v) is 36.3. The Bertz CT molecular complexity index is 5510. The quantitative estimate of drug-likeness (QED) is 0.165. The van der Waals surface area contributed by atoms with E-state index in [0.29, 0.717) is 0 Å². The lowest BCUT2D eigenvalue weighted by molar-refractivity contribution is 0.660. The van der Waals surface area contributed by atoms with E-state index in [2.05, 4.69) is 425 Å². The zero-order chi connectivity index (χ0) is 70.7. The van der Waals surface area contributed by atoms with Crippen LogP contribution in [-0.2, 0) is 16.2 Å². The number of rotatable bonds is 3. The first-order valence-electron chi connectivity index (χ1n) is 36.3. The molecule has 16 aromatic carbocycles. The van der Waals surface area contributed by atoms with Crippen molar-refractivity contribution in [2.75, 3.05) is 0 Å². The molecule has 4 aliphatic rings. The molecule has 0 bridgehead atoms. The number of aryl methyl sites for hydroxylation is 6. The molecule has 0 atom stereocenters. The fourth-order valence-corrected chi connectivity index (χ4v) is 16.8. The fraction of sp³-hybridized carbons (Fsp3) is 0.107. The van der Waals surface area contributed by atoms with Gasteiger partial charge in [-0.2, -0.15) is 0 Å². The second-order valence-electron chi connectivity index (χ2n) is 28.6. The number of benzene rings is 16. The molecule has 0 heteroatoms. The summed E-state index contributed by atoms with van der Waals surface area (Å²) in [5, 5.41) is 5.33. The topological polar surface area (TPSA) is 0 Å². The Balaban J connectivity index is 0.000000104. The van der Waals surface area contributed by atoms with Crippen LogP contribution in [0.25, 0.3) is 77.2 Å². The van der Waals surface area contributed by atoms with E-state index in [9.17, 15) is 0 Å². The van der Waals surface area contributed by atoms with Gasteiger partial charge in [-0.05, 0) is 185 Å². The van der Waals surface area contributed by atoms with Crippen LogP contribution in [0.1, 0.15) is 103 Å². The van der Waals surface area contributed by atoms with Gasteiger partial charge >= 0.3 is 0 Å². The third-order valence-electron chi connectivity index (χ3n) is 21.6. The molecule has 0 heterocycles. The summed E-state index contributed by atoms with van der Waals surface area (Å²) < 4.78 is 0. The van der Waals surface area contributed by atoms with Gasteiger partial charge in [-0.3, -0.25) is 0 Å². The minimum Gasteiger partial charge on any atom is -0.0622 e. The lowest BCUT2D eigenvalue weighted by atomic mass is 9.67. The molecule has 20 rings (SSSR count). The van der Waals surface area contributed by atoms with Crippen molar-refractivity contribution < 1.29 is 0 Å². The van der Waals surface area contributed by atoms with Crippen LogP contribution < -0.4 is 0 Å². The third-order valence-corrected chi connectivity index (χ3v) is 21.6. The van der Waals surface area contributed by atoms with E-state index in [-0.39, 0.29) is 16.2 Å². The summed E-state index contributed by atoms with van der Waals surface area (Å²) >= 11 is 0. The number of hydrogen-bond acceptors (Lipinski definition) is 0. The summed E-state index contributed by atoms with van der Waals surface area (Å²) in [6.07, 6.45) is 0. The van der Waals surface area contributed by atoms with Gasteiger partial charge in [-0.1, -0.05) is 412 Å². The summed E-state index contributed by atoms with van der Waals surface area (Å²) in [5.74, 6) is 0. The van der Waals surface area contributed by atoms with Crippen molar-refractivity contribution in [3.05, 3.63) is 465 Å². The van der Waals surface area contributed by atoms with Gasteiger partial charge in [-0.15, -0.1) is 0 Å². The second kappa shape index (κ2) is 28.6. The molecule has 0 amide bonds. The van der Waals surface area contributed by atoms with Gasteiger partial charge in [0.25, 0.3) is 0 Å². The highest BCUT2D eigenvalue weighted by molar-refractivity contribution is 5.95. The summed E-state index contributed by atoms with van der Waals surface area (Å²) in [4.78, 5) is 0.